The number of rotatable bonds is 5. The van der Waals surface area contributed by atoms with Crippen LogP contribution in [0.3, 0.4) is 0 Å². The van der Waals surface area contributed by atoms with E-state index in [-0.39, 0.29) is 17.5 Å². The Hall–Kier alpha value is -0.650. The molecule has 0 aliphatic carbocycles. The van der Waals surface area contributed by atoms with E-state index >= 15 is 0 Å². The Morgan fingerprint density at radius 3 is 2.42 bits per heavy atom. The first-order valence-corrected chi connectivity index (χ1v) is 7.13. The Morgan fingerprint density at radius 1 is 1.42 bits per heavy atom. The number of carbonyl (C=O) groups is 1. The van der Waals surface area contributed by atoms with Gasteiger partial charge in [-0.3, -0.25) is 9.69 Å². The van der Waals surface area contributed by atoms with E-state index in [2.05, 4.69) is 10.2 Å². The van der Waals surface area contributed by atoms with E-state index in [1.54, 1.807) is 7.11 Å². The van der Waals surface area contributed by atoms with E-state index in [4.69, 9.17) is 10.5 Å². The number of ether oxygens (including phenoxy) is 1. The molecule has 1 fully saturated rings. The van der Waals surface area contributed by atoms with Crippen molar-refractivity contribution in [3.8, 4) is 0 Å². The lowest BCUT2D eigenvalue weighted by Crippen LogP contribution is -2.50. The normalized spacial score (nSPS) is 20.3. The number of nitrogens with one attached hydrogen (secondary N) is 1. The third-order valence-electron chi connectivity index (χ3n) is 3.53. The Bertz CT molecular complexity index is 281. The largest absolute Gasteiger partial charge is 0.381 e. The zero-order chi connectivity index (χ0) is 14.5. The second-order valence-electron chi connectivity index (χ2n) is 6.36. The van der Waals surface area contributed by atoms with Crippen molar-refractivity contribution < 1.29 is 9.53 Å². The van der Waals surface area contributed by atoms with Crippen LogP contribution in [0.25, 0.3) is 0 Å². The number of carbonyl (C=O) groups excluding carboxylic acids is 1. The number of hydrogen-bond donors (Lipinski definition) is 2. The number of nitrogens with two attached hydrogens (primary N) is 1. The quantitative estimate of drug-likeness (QED) is 0.773. The number of amides is 1. The highest BCUT2D eigenvalue weighted by molar-refractivity contribution is 5.77. The SMILES string of the molecule is COC1CCN(C(CN)CC(=O)NC(C)(C)C)CC1. The lowest BCUT2D eigenvalue weighted by atomic mass is 10.0. The molecular formula is C14H29N3O2. The van der Waals surface area contributed by atoms with E-state index in [0.29, 0.717) is 19.1 Å². The summed E-state index contributed by atoms with van der Waals surface area (Å²) in [7, 11) is 1.76. The van der Waals surface area contributed by atoms with Gasteiger partial charge in [0.15, 0.2) is 0 Å². The second-order valence-corrected chi connectivity index (χ2v) is 6.36. The predicted octanol–water partition coefficient (Wildman–Crippen LogP) is 0.729. The maximum atomic E-state index is 12.0. The van der Waals surface area contributed by atoms with Crippen molar-refractivity contribution in [2.24, 2.45) is 5.73 Å². The highest BCUT2D eigenvalue weighted by atomic mass is 16.5. The molecule has 1 rings (SSSR count). The highest BCUT2D eigenvalue weighted by Gasteiger charge is 2.26. The van der Waals surface area contributed by atoms with Crippen molar-refractivity contribution in [1.29, 1.82) is 0 Å². The molecule has 0 aromatic heterocycles. The summed E-state index contributed by atoms with van der Waals surface area (Å²) in [5, 5.41) is 3.00. The van der Waals surface area contributed by atoms with Gasteiger partial charge in [-0.05, 0) is 33.6 Å². The minimum atomic E-state index is -0.181. The van der Waals surface area contributed by atoms with Crippen LogP contribution < -0.4 is 11.1 Å². The van der Waals surface area contributed by atoms with Crippen LogP contribution >= 0.6 is 0 Å². The molecule has 0 spiro atoms. The average molecular weight is 271 g/mol. The lowest BCUT2D eigenvalue weighted by molar-refractivity contribution is -0.123. The van der Waals surface area contributed by atoms with Crippen LogP contribution in [-0.4, -0.2) is 55.2 Å². The number of piperidine rings is 1. The van der Waals surface area contributed by atoms with Crippen molar-refractivity contribution in [1.82, 2.24) is 10.2 Å². The first kappa shape index (κ1) is 16.4. The van der Waals surface area contributed by atoms with Gasteiger partial charge in [-0.1, -0.05) is 0 Å². The van der Waals surface area contributed by atoms with Crippen molar-refractivity contribution in [3.05, 3.63) is 0 Å². The zero-order valence-corrected chi connectivity index (χ0v) is 12.7. The van der Waals surface area contributed by atoms with Crippen molar-refractivity contribution in [3.63, 3.8) is 0 Å². The topological polar surface area (TPSA) is 67.6 Å². The van der Waals surface area contributed by atoms with Gasteiger partial charge in [0, 0.05) is 44.7 Å². The van der Waals surface area contributed by atoms with E-state index < -0.39 is 0 Å². The predicted molar refractivity (Wildman–Crippen MR) is 77.0 cm³/mol. The van der Waals surface area contributed by atoms with Gasteiger partial charge in [0.1, 0.15) is 0 Å². The molecule has 1 saturated heterocycles. The fourth-order valence-corrected chi connectivity index (χ4v) is 2.52. The Balaban J connectivity index is 2.43. The summed E-state index contributed by atoms with van der Waals surface area (Å²) < 4.78 is 5.36. The Labute approximate surface area is 116 Å². The van der Waals surface area contributed by atoms with Crippen molar-refractivity contribution in [2.75, 3.05) is 26.7 Å². The van der Waals surface area contributed by atoms with Crippen LogP contribution in [0.5, 0.6) is 0 Å². The van der Waals surface area contributed by atoms with Crippen LogP contribution in [0.15, 0.2) is 0 Å². The van der Waals surface area contributed by atoms with E-state index in [9.17, 15) is 4.79 Å². The molecule has 1 heterocycles. The number of likely N-dealkylation sites (tertiary alicyclic amines) is 1. The first-order valence-electron chi connectivity index (χ1n) is 7.13. The van der Waals surface area contributed by atoms with Gasteiger partial charge in [-0.2, -0.15) is 0 Å². The van der Waals surface area contributed by atoms with Gasteiger partial charge in [-0.25, -0.2) is 0 Å². The molecule has 1 amide bonds. The van der Waals surface area contributed by atoms with Gasteiger partial charge in [-0.15, -0.1) is 0 Å². The standard InChI is InChI=1S/C14H29N3O2/c1-14(2,3)16-13(18)9-11(10-15)17-7-5-12(19-4)6-8-17/h11-12H,5-10,15H2,1-4H3,(H,16,18). The van der Waals surface area contributed by atoms with Gasteiger partial charge in [0.2, 0.25) is 5.91 Å². The summed E-state index contributed by atoms with van der Waals surface area (Å²) in [4.78, 5) is 14.3. The van der Waals surface area contributed by atoms with Crippen molar-refractivity contribution >= 4 is 5.91 Å². The van der Waals surface area contributed by atoms with Gasteiger partial charge in [0.25, 0.3) is 0 Å². The highest BCUT2D eigenvalue weighted by Crippen LogP contribution is 2.16. The molecule has 0 aromatic carbocycles. The van der Waals surface area contributed by atoms with Crippen LogP contribution in [0.4, 0.5) is 0 Å². The molecule has 0 saturated carbocycles. The molecule has 1 unspecified atom stereocenters. The summed E-state index contributed by atoms with van der Waals surface area (Å²) >= 11 is 0. The van der Waals surface area contributed by atoms with Crippen LogP contribution in [-0.2, 0) is 9.53 Å². The average Bonchev–Trinajstić information content (AvgIpc) is 2.34. The fourth-order valence-electron chi connectivity index (χ4n) is 2.52. The molecule has 1 aliphatic rings. The van der Waals surface area contributed by atoms with E-state index in [0.717, 1.165) is 25.9 Å². The van der Waals surface area contributed by atoms with Crippen LogP contribution in [0, 0.1) is 0 Å². The number of methoxy groups -OCH3 is 1. The minimum absolute atomic E-state index is 0.0804. The molecule has 3 N–H and O–H groups in total. The van der Waals surface area contributed by atoms with Gasteiger partial charge >= 0.3 is 0 Å². The van der Waals surface area contributed by atoms with E-state index in [1.807, 2.05) is 20.8 Å². The maximum absolute atomic E-state index is 12.0. The second kappa shape index (κ2) is 7.22. The number of hydrogen-bond acceptors (Lipinski definition) is 4. The molecular weight excluding hydrogens is 242 g/mol. The molecule has 0 radical (unpaired) electrons. The molecule has 5 nitrogen and oxygen atoms in total. The monoisotopic (exact) mass is 271 g/mol. The summed E-state index contributed by atoms with van der Waals surface area (Å²) in [5.74, 6) is 0.0804. The van der Waals surface area contributed by atoms with Crippen LogP contribution in [0.1, 0.15) is 40.0 Å². The first-order chi connectivity index (χ1) is 8.85. The summed E-state index contributed by atoms with van der Waals surface area (Å²) in [6, 6.07) is 0.139. The third kappa shape index (κ3) is 5.89. The van der Waals surface area contributed by atoms with E-state index in [1.165, 1.54) is 0 Å². The lowest BCUT2D eigenvalue weighted by Gasteiger charge is -2.36. The smallest absolute Gasteiger partial charge is 0.222 e. The summed E-state index contributed by atoms with van der Waals surface area (Å²) in [5.41, 5.74) is 5.65. The summed E-state index contributed by atoms with van der Waals surface area (Å²) in [6.45, 7) is 8.42. The molecule has 112 valence electrons. The molecule has 0 aromatic rings. The van der Waals surface area contributed by atoms with Gasteiger partial charge < -0.3 is 15.8 Å². The number of nitrogens with zero attached hydrogens (tertiary/aromatic N) is 1. The van der Waals surface area contributed by atoms with Gasteiger partial charge in [0.05, 0.1) is 6.10 Å². The maximum Gasteiger partial charge on any atom is 0.222 e. The molecule has 1 aliphatic heterocycles. The van der Waals surface area contributed by atoms with Crippen LogP contribution in [0.2, 0.25) is 0 Å². The third-order valence-corrected chi connectivity index (χ3v) is 3.53. The Kier molecular flexibility index (Phi) is 6.23. The minimum Gasteiger partial charge on any atom is -0.381 e. The zero-order valence-electron chi connectivity index (χ0n) is 12.7. The fraction of sp³-hybridized carbons (Fsp3) is 0.929. The molecule has 5 heteroatoms. The Morgan fingerprint density at radius 2 is 2.00 bits per heavy atom. The summed E-state index contributed by atoms with van der Waals surface area (Å²) in [6.07, 6.45) is 2.88. The van der Waals surface area contributed by atoms with Crippen molar-refractivity contribution in [2.45, 2.75) is 57.7 Å². The molecule has 0 bridgehead atoms. The molecule has 19 heavy (non-hydrogen) atoms. The molecule has 1 atom stereocenters.